The second-order valence-electron chi connectivity index (χ2n) is 4.23. The number of halogens is 1. The van der Waals surface area contributed by atoms with Crippen LogP contribution in [0.15, 0.2) is 46.1 Å². The quantitative estimate of drug-likeness (QED) is 0.616. The van der Waals surface area contributed by atoms with E-state index in [4.69, 9.17) is 5.73 Å². The maximum Gasteiger partial charge on any atom is 0.198 e. The van der Waals surface area contributed by atoms with Gasteiger partial charge in [-0.3, -0.25) is 0 Å². The number of nitrogens with two attached hydrogens (primary N) is 1. The molecule has 0 spiro atoms. The maximum absolute atomic E-state index is 5.85. The Hall–Kier alpha value is -0.890. The lowest BCUT2D eigenvalue weighted by Gasteiger charge is -2.27. The molecule has 0 radical (unpaired) electrons. The lowest BCUT2D eigenvalue weighted by molar-refractivity contribution is 0.437. The number of rotatable bonds is 3. The Morgan fingerprint density at radius 3 is 2.47 bits per heavy atom. The Bertz CT molecular complexity index is 484. The summed E-state index contributed by atoms with van der Waals surface area (Å²) in [6.45, 7) is 2.08. The largest absolute Gasteiger partial charge is 0.369 e. The second kappa shape index (κ2) is 7.04. The molecule has 0 bridgehead atoms. The highest BCUT2D eigenvalue weighted by Crippen LogP contribution is 2.20. The molecule has 4 nitrogen and oxygen atoms in total. The van der Waals surface area contributed by atoms with Crippen LogP contribution in [0.1, 0.15) is 6.92 Å². The summed E-state index contributed by atoms with van der Waals surface area (Å²) in [7, 11) is 1.93. The molecule has 1 heterocycles. The smallest absolute Gasteiger partial charge is 0.198 e. The van der Waals surface area contributed by atoms with Gasteiger partial charge in [0.2, 0.25) is 0 Å². The number of nitrogens with zero attached hydrogens (tertiary/aromatic N) is 2. The lowest BCUT2D eigenvalue weighted by Crippen LogP contribution is -2.42. The molecule has 104 valence electrons. The van der Waals surface area contributed by atoms with Crippen molar-refractivity contribution in [3.05, 3.63) is 36.2 Å². The molecule has 0 saturated carbocycles. The molecule has 1 aromatic rings. The molecule has 6 heteroatoms. The summed E-state index contributed by atoms with van der Waals surface area (Å²) in [6, 6.07) is 8.50. The topological polar surface area (TPSA) is 53.6 Å². The Morgan fingerprint density at radius 2 is 1.95 bits per heavy atom. The molecule has 1 aliphatic heterocycles. The summed E-state index contributed by atoms with van der Waals surface area (Å²) in [5, 5.41) is 3.27. The minimum atomic E-state index is 0. The van der Waals surface area contributed by atoms with Crippen LogP contribution in [0.5, 0.6) is 0 Å². The number of aliphatic imine (C=N–C) groups is 1. The van der Waals surface area contributed by atoms with Gasteiger partial charge in [-0.05, 0) is 43.5 Å². The zero-order valence-electron chi connectivity index (χ0n) is 11.3. The van der Waals surface area contributed by atoms with Crippen molar-refractivity contribution in [2.45, 2.75) is 17.9 Å². The number of thioether (sulfide) groups is 1. The highest BCUT2D eigenvalue weighted by Gasteiger charge is 2.15. The van der Waals surface area contributed by atoms with Crippen LogP contribution in [0.2, 0.25) is 0 Å². The number of nitrogens with one attached hydrogen (secondary N) is 1. The van der Waals surface area contributed by atoms with Gasteiger partial charge in [-0.1, -0.05) is 0 Å². The summed E-state index contributed by atoms with van der Waals surface area (Å²) in [4.78, 5) is 7.49. The molecule has 1 atom stereocenters. The van der Waals surface area contributed by atoms with Gasteiger partial charge in [0.25, 0.3) is 0 Å². The molecular weight excluding hydrogens is 371 g/mol. The summed E-state index contributed by atoms with van der Waals surface area (Å²) in [5.74, 6) is 1.34. The highest BCUT2D eigenvalue weighted by atomic mass is 127. The number of anilines is 1. The fraction of sp³-hybridized carbons (Fsp3) is 0.308. The number of benzene rings is 1. The second-order valence-corrected chi connectivity index (χ2v) is 5.11. The average Bonchev–Trinajstić information content (AvgIpc) is 2.37. The van der Waals surface area contributed by atoms with Crippen molar-refractivity contribution >= 4 is 47.4 Å². The van der Waals surface area contributed by atoms with Gasteiger partial charge < -0.3 is 16.0 Å². The van der Waals surface area contributed by atoms with Crippen LogP contribution in [0.4, 0.5) is 5.69 Å². The van der Waals surface area contributed by atoms with E-state index in [1.54, 1.807) is 11.8 Å². The third-order valence-electron chi connectivity index (χ3n) is 2.97. The zero-order chi connectivity index (χ0) is 13.1. The summed E-state index contributed by atoms with van der Waals surface area (Å²) >= 11 is 1.73. The van der Waals surface area contributed by atoms with E-state index in [0.29, 0.717) is 5.96 Å². The SMILES string of the molecule is CSc1ccc(NC2=CC(C)N(C)C(N)=N2)cc1.I. The van der Waals surface area contributed by atoms with Gasteiger partial charge in [-0.15, -0.1) is 35.7 Å². The highest BCUT2D eigenvalue weighted by molar-refractivity contribution is 14.0. The Balaban J connectivity index is 0.00000180. The Morgan fingerprint density at radius 1 is 1.32 bits per heavy atom. The van der Waals surface area contributed by atoms with Gasteiger partial charge in [0.1, 0.15) is 5.82 Å². The zero-order valence-corrected chi connectivity index (χ0v) is 14.4. The third-order valence-corrected chi connectivity index (χ3v) is 3.71. The van der Waals surface area contributed by atoms with Crippen molar-refractivity contribution in [2.75, 3.05) is 18.6 Å². The van der Waals surface area contributed by atoms with Crippen molar-refractivity contribution in [3.8, 4) is 0 Å². The predicted molar refractivity (Wildman–Crippen MR) is 94.2 cm³/mol. The number of hydrogen-bond donors (Lipinski definition) is 2. The van der Waals surface area contributed by atoms with Crippen molar-refractivity contribution < 1.29 is 0 Å². The molecule has 1 unspecified atom stereocenters. The van der Waals surface area contributed by atoms with E-state index in [1.807, 2.05) is 24.1 Å². The monoisotopic (exact) mass is 390 g/mol. The van der Waals surface area contributed by atoms with Gasteiger partial charge in [0.15, 0.2) is 5.96 Å². The minimum absolute atomic E-state index is 0. The first-order chi connectivity index (χ1) is 8.60. The van der Waals surface area contributed by atoms with Crippen LogP contribution in [0.3, 0.4) is 0 Å². The summed E-state index contributed by atoms with van der Waals surface area (Å²) in [6.07, 6.45) is 4.12. The maximum atomic E-state index is 5.85. The fourth-order valence-corrected chi connectivity index (χ4v) is 2.09. The van der Waals surface area contributed by atoms with Crippen LogP contribution in [0, 0.1) is 0 Å². The lowest BCUT2D eigenvalue weighted by atomic mass is 10.2. The number of hydrogen-bond acceptors (Lipinski definition) is 5. The van der Waals surface area contributed by atoms with Crippen LogP contribution >= 0.6 is 35.7 Å². The van der Waals surface area contributed by atoms with Gasteiger partial charge in [-0.25, -0.2) is 0 Å². The molecular formula is C13H19IN4S. The standard InChI is InChI=1S/C13H18N4S.HI/c1-9-8-12(16-13(14)17(9)2)15-10-4-6-11(18-3)7-5-10;/h4-9,15H,1-3H3,(H2,14,16);1H. The first-order valence-corrected chi connectivity index (χ1v) is 7.02. The molecule has 0 aromatic heterocycles. The predicted octanol–water partition coefficient (Wildman–Crippen LogP) is 2.93. The van der Waals surface area contributed by atoms with E-state index in [9.17, 15) is 0 Å². The van der Waals surface area contributed by atoms with Gasteiger partial charge in [0.05, 0.1) is 6.04 Å². The number of guanidine groups is 1. The van der Waals surface area contributed by atoms with E-state index >= 15 is 0 Å². The molecule has 0 amide bonds. The molecule has 0 aliphatic carbocycles. The fourth-order valence-electron chi connectivity index (χ4n) is 1.68. The van der Waals surface area contributed by atoms with Gasteiger partial charge >= 0.3 is 0 Å². The van der Waals surface area contributed by atoms with Crippen molar-refractivity contribution in [2.24, 2.45) is 10.7 Å². The first kappa shape index (κ1) is 16.2. The molecule has 1 aromatic carbocycles. The van der Waals surface area contributed by atoms with Crippen molar-refractivity contribution in [1.29, 1.82) is 0 Å². The Labute approximate surface area is 135 Å². The molecule has 0 fully saturated rings. The van der Waals surface area contributed by atoms with E-state index in [0.717, 1.165) is 11.5 Å². The normalized spacial score (nSPS) is 18.3. The van der Waals surface area contributed by atoms with Crippen LogP contribution < -0.4 is 11.1 Å². The van der Waals surface area contributed by atoms with Crippen LogP contribution in [-0.4, -0.2) is 30.2 Å². The van der Waals surface area contributed by atoms with Crippen LogP contribution in [0.25, 0.3) is 0 Å². The number of likely N-dealkylation sites (N-methyl/N-ethyl adjacent to an activating group) is 1. The van der Waals surface area contributed by atoms with E-state index in [1.165, 1.54) is 4.90 Å². The molecule has 3 N–H and O–H groups in total. The van der Waals surface area contributed by atoms with Crippen molar-refractivity contribution in [1.82, 2.24) is 4.90 Å². The van der Waals surface area contributed by atoms with Crippen LogP contribution in [-0.2, 0) is 0 Å². The molecule has 0 saturated heterocycles. The molecule has 2 rings (SSSR count). The van der Waals surface area contributed by atoms with Gasteiger partial charge in [-0.2, -0.15) is 4.99 Å². The average molecular weight is 390 g/mol. The first-order valence-electron chi connectivity index (χ1n) is 5.80. The minimum Gasteiger partial charge on any atom is -0.369 e. The molecule has 1 aliphatic rings. The van der Waals surface area contributed by atoms with E-state index in [-0.39, 0.29) is 30.0 Å². The third kappa shape index (κ3) is 4.04. The van der Waals surface area contributed by atoms with Crippen molar-refractivity contribution in [3.63, 3.8) is 0 Å². The molecule has 19 heavy (non-hydrogen) atoms. The van der Waals surface area contributed by atoms with Gasteiger partial charge in [0, 0.05) is 17.6 Å². The van der Waals surface area contributed by atoms with E-state index in [2.05, 4.69) is 41.7 Å². The summed E-state index contributed by atoms with van der Waals surface area (Å²) in [5.41, 5.74) is 6.87. The van der Waals surface area contributed by atoms with E-state index < -0.39 is 0 Å². The Kier molecular flexibility index (Phi) is 5.99. The summed E-state index contributed by atoms with van der Waals surface area (Å²) < 4.78 is 0.